The molecule has 0 N–H and O–H groups in total. The lowest BCUT2D eigenvalue weighted by Crippen LogP contribution is -2.16. The highest BCUT2D eigenvalue weighted by molar-refractivity contribution is 9.10. The van der Waals surface area contributed by atoms with Crippen molar-refractivity contribution < 1.29 is 9.53 Å². The lowest BCUT2D eigenvalue weighted by molar-refractivity contribution is 0.0929. The minimum atomic E-state index is 0.108. The first-order valence-electron chi connectivity index (χ1n) is 3.60. The molecule has 4 heteroatoms. The summed E-state index contributed by atoms with van der Waals surface area (Å²) in [6.45, 7) is 0.440. The molecule has 0 radical (unpaired) electrons. The number of rotatable bonds is 0. The number of carbonyl (C=O) groups is 1. The molecule has 0 atom stereocenters. The Bertz CT molecular complexity index is 338. The van der Waals surface area contributed by atoms with E-state index in [0.29, 0.717) is 29.1 Å². The number of hydrogen-bond donors (Lipinski definition) is 0. The van der Waals surface area contributed by atoms with Crippen LogP contribution < -0.4 is 4.74 Å². The zero-order valence-electron chi connectivity index (χ0n) is 6.21. The van der Waals surface area contributed by atoms with Gasteiger partial charge in [-0.05, 0) is 28.1 Å². The van der Waals surface area contributed by atoms with Crippen molar-refractivity contribution in [2.24, 2.45) is 0 Å². The predicted molar refractivity (Wildman–Crippen MR) is 46.4 cm³/mol. The van der Waals surface area contributed by atoms with Crippen LogP contribution >= 0.6 is 15.9 Å². The van der Waals surface area contributed by atoms with Crippen LogP contribution in [0, 0.1) is 0 Å². The number of carbonyl (C=O) groups excluding carboxylic acids is 1. The number of Topliss-reactive ketones (excluding diaryl/α,β-unsaturated/α-hetero) is 1. The normalized spacial score (nSPS) is 15.2. The standard InChI is InChI=1S/C8H6BrNO2/c9-7-2-1-5-6(11)3-4-12-8(5)10-7/h1-2H,3-4H2. The van der Waals surface area contributed by atoms with E-state index in [9.17, 15) is 4.79 Å². The Morgan fingerprint density at radius 1 is 1.50 bits per heavy atom. The van der Waals surface area contributed by atoms with E-state index >= 15 is 0 Å². The van der Waals surface area contributed by atoms with Crippen molar-refractivity contribution in [1.29, 1.82) is 0 Å². The van der Waals surface area contributed by atoms with Crippen LogP contribution in [0.25, 0.3) is 0 Å². The first kappa shape index (κ1) is 7.73. The van der Waals surface area contributed by atoms with Gasteiger partial charge in [0.2, 0.25) is 5.88 Å². The number of hydrogen-bond acceptors (Lipinski definition) is 3. The number of halogens is 1. The third-order valence-corrected chi connectivity index (χ3v) is 2.14. The molecule has 0 bridgehead atoms. The van der Waals surface area contributed by atoms with Crippen molar-refractivity contribution in [2.75, 3.05) is 6.61 Å². The van der Waals surface area contributed by atoms with Crippen molar-refractivity contribution in [3.8, 4) is 5.88 Å². The van der Waals surface area contributed by atoms with Crippen LogP contribution in [0.5, 0.6) is 5.88 Å². The maximum atomic E-state index is 11.3. The minimum absolute atomic E-state index is 0.108. The summed E-state index contributed by atoms with van der Waals surface area (Å²) in [6.07, 6.45) is 0.455. The molecule has 0 saturated carbocycles. The maximum Gasteiger partial charge on any atom is 0.225 e. The lowest BCUT2D eigenvalue weighted by Gasteiger charge is -2.14. The fraction of sp³-hybridized carbons (Fsp3) is 0.250. The molecule has 1 aromatic heterocycles. The maximum absolute atomic E-state index is 11.3. The molecule has 0 fully saturated rings. The number of ketones is 1. The van der Waals surface area contributed by atoms with Gasteiger partial charge in [-0.25, -0.2) is 4.98 Å². The van der Waals surface area contributed by atoms with E-state index in [-0.39, 0.29) is 5.78 Å². The Morgan fingerprint density at radius 2 is 2.33 bits per heavy atom. The van der Waals surface area contributed by atoms with Crippen LogP contribution in [-0.4, -0.2) is 17.4 Å². The highest BCUT2D eigenvalue weighted by Crippen LogP contribution is 2.23. The van der Waals surface area contributed by atoms with Gasteiger partial charge in [0.1, 0.15) is 4.60 Å². The minimum Gasteiger partial charge on any atom is -0.477 e. The summed E-state index contributed by atoms with van der Waals surface area (Å²) in [5.74, 6) is 0.553. The van der Waals surface area contributed by atoms with E-state index in [4.69, 9.17) is 4.74 Å². The van der Waals surface area contributed by atoms with Gasteiger partial charge in [-0.2, -0.15) is 0 Å². The van der Waals surface area contributed by atoms with Gasteiger partial charge in [0.05, 0.1) is 12.2 Å². The molecule has 12 heavy (non-hydrogen) atoms. The zero-order valence-corrected chi connectivity index (χ0v) is 7.80. The molecule has 2 rings (SSSR count). The first-order chi connectivity index (χ1) is 5.77. The van der Waals surface area contributed by atoms with Gasteiger partial charge in [0.25, 0.3) is 0 Å². The van der Waals surface area contributed by atoms with Crippen LogP contribution in [0.15, 0.2) is 16.7 Å². The number of aromatic nitrogens is 1. The van der Waals surface area contributed by atoms with Crippen LogP contribution in [-0.2, 0) is 0 Å². The second-order valence-electron chi connectivity index (χ2n) is 2.51. The summed E-state index contributed by atoms with van der Waals surface area (Å²) in [7, 11) is 0. The largest absolute Gasteiger partial charge is 0.477 e. The smallest absolute Gasteiger partial charge is 0.225 e. The molecule has 1 aliphatic rings. The Morgan fingerprint density at radius 3 is 3.17 bits per heavy atom. The summed E-state index contributed by atoms with van der Waals surface area (Å²) in [6, 6.07) is 3.47. The topological polar surface area (TPSA) is 39.2 Å². The van der Waals surface area contributed by atoms with Crippen LogP contribution in [0.2, 0.25) is 0 Å². The first-order valence-corrected chi connectivity index (χ1v) is 4.39. The van der Waals surface area contributed by atoms with Gasteiger partial charge >= 0.3 is 0 Å². The van der Waals surface area contributed by atoms with Gasteiger partial charge in [-0.1, -0.05) is 0 Å². The molecule has 2 heterocycles. The van der Waals surface area contributed by atoms with Crippen molar-refractivity contribution in [2.45, 2.75) is 6.42 Å². The summed E-state index contributed by atoms with van der Waals surface area (Å²) in [4.78, 5) is 15.3. The monoisotopic (exact) mass is 227 g/mol. The zero-order chi connectivity index (χ0) is 8.55. The van der Waals surface area contributed by atoms with Crippen molar-refractivity contribution in [3.05, 3.63) is 22.3 Å². The third kappa shape index (κ3) is 1.22. The number of pyridine rings is 1. The quantitative estimate of drug-likeness (QED) is 0.635. The summed E-state index contributed by atoms with van der Waals surface area (Å²) >= 11 is 3.21. The molecule has 0 aliphatic carbocycles. The molecule has 62 valence electrons. The van der Waals surface area contributed by atoms with E-state index < -0.39 is 0 Å². The molecule has 0 saturated heterocycles. The average molecular weight is 228 g/mol. The van der Waals surface area contributed by atoms with E-state index in [0.717, 1.165) is 0 Å². The van der Waals surface area contributed by atoms with Crippen molar-refractivity contribution >= 4 is 21.7 Å². The van der Waals surface area contributed by atoms with Gasteiger partial charge in [-0.3, -0.25) is 4.79 Å². The van der Waals surface area contributed by atoms with Crippen molar-refractivity contribution in [1.82, 2.24) is 4.98 Å². The Balaban J connectivity index is 2.53. The molecule has 0 amide bonds. The summed E-state index contributed by atoms with van der Waals surface area (Å²) < 4.78 is 5.90. The SMILES string of the molecule is O=C1CCOc2nc(Br)ccc21. The Kier molecular flexibility index (Phi) is 1.84. The highest BCUT2D eigenvalue weighted by atomic mass is 79.9. The van der Waals surface area contributed by atoms with E-state index in [1.807, 2.05) is 0 Å². The van der Waals surface area contributed by atoms with Crippen LogP contribution in [0.1, 0.15) is 16.8 Å². The summed E-state index contributed by atoms with van der Waals surface area (Å²) in [5.41, 5.74) is 0.587. The molecule has 3 nitrogen and oxygen atoms in total. The number of fused-ring (bicyclic) bond motifs is 1. The predicted octanol–water partition coefficient (Wildman–Crippen LogP) is 1.81. The third-order valence-electron chi connectivity index (χ3n) is 1.69. The second kappa shape index (κ2) is 2.86. The molecular formula is C8H6BrNO2. The molecule has 1 aromatic rings. The number of nitrogens with zero attached hydrogens (tertiary/aromatic N) is 1. The molecule has 0 aromatic carbocycles. The van der Waals surface area contributed by atoms with Crippen LogP contribution in [0.3, 0.4) is 0 Å². The molecular weight excluding hydrogens is 222 g/mol. The molecule has 1 aliphatic heterocycles. The fourth-order valence-corrected chi connectivity index (χ4v) is 1.41. The summed E-state index contributed by atoms with van der Waals surface area (Å²) in [5, 5.41) is 0. The van der Waals surface area contributed by atoms with Crippen LogP contribution in [0.4, 0.5) is 0 Å². The second-order valence-corrected chi connectivity index (χ2v) is 3.32. The van der Waals surface area contributed by atoms with Gasteiger partial charge < -0.3 is 4.74 Å². The van der Waals surface area contributed by atoms with Gasteiger partial charge in [-0.15, -0.1) is 0 Å². The lowest BCUT2D eigenvalue weighted by atomic mass is 10.1. The molecule has 0 spiro atoms. The molecule has 0 unspecified atom stereocenters. The average Bonchev–Trinajstić information content (AvgIpc) is 2.04. The number of ether oxygens (including phenoxy) is 1. The highest BCUT2D eigenvalue weighted by Gasteiger charge is 2.19. The van der Waals surface area contributed by atoms with E-state index in [2.05, 4.69) is 20.9 Å². The van der Waals surface area contributed by atoms with E-state index in [1.54, 1.807) is 12.1 Å². The van der Waals surface area contributed by atoms with Gasteiger partial charge in [0.15, 0.2) is 5.78 Å². The van der Waals surface area contributed by atoms with Gasteiger partial charge in [0, 0.05) is 6.42 Å². The van der Waals surface area contributed by atoms with E-state index in [1.165, 1.54) is 0 Å². The Hall–Kier alpha value is -0.900. The fourth-order valence-electron chi connectivity index (χ4n) is 1.12. The van der Waals surface area contributed by atoms with Crippen molar-refractivity contribution in [3.63, 3.8) is 0 Å². The Labute approximate surface area is 77.9 Å².